The quantitative estimate of drug-likeness (QED) is 0.357. The predicted octanol–water partition coefficient (Wildman–Crippen LogP) is 6.00. The number of anilines is 2. The number of amides is 2. The van der Waals surface area contributed by atoms with Gasteiger partial charge in [-0.15, -0.1) is 0 Å². The minimum Gasteiger partial charge on any atom is -0.355 e. The van der Waals surface area contributed by atoms with E-state index in [1.807, 2.05) is 42.5 Å². The summed E-state index contributed by atoms with van der Waals surface area (Å²) in [7, 11) is 0. The smallest absolute Gasteiger partial charge is 0.255 e. The number of aromatic amines is 1. The Morgan fingerprint density at radius 2 is 1.70 bits per heavy atom. The van der Waals surface area contributed by atoms with Crippen molar-refractivity contribution in [2.75, 3.05) is 10.6 Å². The minimum absolute atomic E-state index is 0.130. The van der Waals surface area contributed by atoms with E-state index in [4.69, 9.17) is 0 Å². The van der Waals surface area contributed by atoms with E-state index < -0.39 is 0 Å². The summed E-state index contributed by atoms with van der Waals surface area (Å²) in [6, 6.07) is 19.1. The van der Waals surface area contributed by atoms with Crippen molar-refractivity contribution in [3.63, 3.8) is 0 Å². The first kappa shape index (κ1) is 20.9. The van der Waals surface area contributed by atoms with Crippen LogP contribution in [-0.2, 0) is 4.79 Å². The Kier molecular flexibility index (Phi) is 5.89. The van der Waals surface area contributed by atoms with Crippen LogP contribution in [0.4, 0.5) is 11.4 Å². The second-order valence-electron chi connectivity index (χ2n) is 8.58. The van der Waals surface area contributed by atoms with Gasteiger partial charge in [0.15, 0.2) is 0 Å². The lowest BCUT2D eigenvalue weighted by Gasteiger charge is -2.20. The van der Waals surface area contributed by atoms with Gasteiger partial charge in [0.25, 0.3) is 5.91 Å². The molecule has 4 aromatic rings. The molecule has 1 aliphatic carbocycles. The van der Waals surface area contributed by atoms with E-state index in [2.05, 4.69) is 20.6 Å². The number of carbonyl (C=O) groups is 2. The van der Waals surface area contributed by atoms with Crippen LogP contribution in [0.3, 0.4) is 0 Å². The van der Waals surface area contributed by atoms with Crippen LogP contribution in [0.5, 0.6) is 0 Å². The van der Waals surface area contributed by atoms with Gasteiger partial charge in [-0.2, -0.15) is 0 Å². The van der Waals surface area contributed by atoms with Gasteiger partial charge in [-0.05, 0) is 66.9 Å². The fraction of sp³-hybridized carbons (Fsp3) is 0.222. The zero-order valence-corrected chi connectivity index (χ0v) is 18.3. The van der Waals surface area contributed by atoms with Crippen molar-refractivity contribution in [3.05, 3.63) is 78.6 Å². The summed E-state index contributed by atoms with van der Waals surface area (Å²) in [6.07, 6.45) is 8.78. The van der Waals surface area contributed by atoms with Crippen molar-refractivity contribution in [2.45, 2.75) is 32.1 Å². The van der Waals surface area contributed by atoms with Crippen LogP contribution >= 0.6 is 0 Å². The minimum atomic E-state index is -0.175. The standard InChI is InChI=1S/C27H26N4O2/c32-26(19-5-2-1-3-6-19)29-22-11-8-18(9-12-22)25-16-21-15-20(10-13-24(21)31-25)27(33)30-23-7-4-14-28-17-23/h4,7-17,19,31H,1-3,5-6H2,(H,29,32)(H,30,33). The van der Waals surface area contributed by atoms with Gasteiger partial charge in [0.05, 0.1) is 11.9 Å². The van der Waals surface area contributed by atoms with E-state index in [9.17, 15) is 9.59 Å². The summed E-state index contributed by atoms with van der Waals surface area (Å²) in [4.78, 5) is 32.5. The van der Waals surface area contributed by atoms with Crippen LogP contribution in [-0.4, -0.2) is 21.8 Å². The first-order valence-electron chi connectivity index (χ1n) is 11.4. The highest BCUT2D eigenvalue weighted by atomic mass is 16.2. The molecule has 2 heterocycles. The number of pyridine rings is 1. The van der Waals surface area contributed by atoms with Crippen molar-refractivity contribution >= 4 is 34.1 Å². The third kappa shape index (κ3) is 4.80. The molecular formula is C27H26N4O2. The number of nitrogens with one attached hydrogen (secondary N) is 3. The van der Waals surface area contributed by atoms with Crippen LogP contribution in [0.2, 0.25) is 0 Å². The fourth-order valence-corrected chi connectivity index (χ4v) is 4.41. The maximum absolute atomic E-state index is 12.6. The summed E-state index contributed by atoms with van der Waals surface area (Å²) < 4.78 is 0. The Morgan fingerprint density at radius 3 is 2.45 bits per heavy atom. The molecule has 33 heavy (non-hydrogen) atoms. The molecule has 0 spiro atoms. The number of carbonyl (C=O) groups excluding carboxylic acids is 2. The van der Waals surface area contributed by atoms with Gasteiger partial charge < -0.3 is 15.6 Å². The number of benzene rings is 2. The Morgan fingerprint density at radius 1 is 0.879 bits per heavy atom. The average molecular weight is 439 g/mol. The molecule has 1 saturated carbocycles. The summed E-state index contributed by atoms with van der Waals surface area (Å²) in [5, 5.41) is 6.88. The van der Waals surface area contributed by atoms with Crippen LogP contribution in [0.1, 0.15) is 42.5 Å². The van der Waals surface area contributed by atoms with Gasteiger partial charge in [-0.1, -0.05) is 31.4 Å². The summed E-state index contributed by atoms with van der Waals surface area (Å²) in [5.41, 5.74) is 4.99. The molecule has 0 atom stereocenters. The molecular weight excluding hydrogens is 412 g/mol. The lowest BCUT2D eigenvalue weighted by Crippen LogP contribution is -2.24. The first-order valence-corrected chi connectivity index (χ1v) is 11.4. The predicted molar refractivity (Wildman–Crippen MR) is 131 cm³/mol. The second kappa shape index (κ2) is 9.28. The molecule has 2 amide bonds. The number of nitrogens with zero attached hydrogens (tertiary/aromatic N) is 1. The number of hydrogen-bond donors (Lipinski definition) is 3. The van der Waals surface area contributed by atoms with Gasteiger partial charge in [-0.25, -0.2) is 0 Å². The van der Waals surface area contributed by atoms with E-state index in [0.29, 0.717) is 11.3 Å². The van der Waals surface area contributed by atoms with Gasteiger partial charge in [0, 0.05) is 40.0 Å². The Hall–Kier alpha value is -3.93. The van der Waals surface area contributed by atoms with Crippen molar-refractivity contribution < 1.29 is 9.59 Å². The maximum atomic E-state index is 12.6. The largest absolute Gasteiger partial charge is 0.355 e. The molecule has 6 nitrogen and oxygen atoms in total. The van der Waals surface area contributed by atoms with E-state index in [0.717, 1.165) is 53.5 Å². The summed E-state index contributed by atoms with van der Waals surface area (Å²) in [6.45, 7) is 0. The van der Waals surface area contributed by atoms with Crippen molar-refractivity contribution in [1.29, 1.82) is 0 Å². The molecule has 6 heteroatoms. The molecule has 0 bridgehead atoms. The van der Waals surface area contributed by atoms with Gasteiger partial charge >= 0.3 is 0 Å². The lowest BCUT2D eigenvalue weighted by molar-refractivity contribution is -0.120. The lowest BCUT2D eigenvalue weighted by atomic mass is 9.88. The van der Waals surface area contributed by atoms with Gasteiger partial charge in [-0.3, -0.25) is 14.6 Å². The molecule has 0 unspecified atom stereocenters. The van der Waals surface area contributed by atoms with Crippen molar-refractivity contribution in [2.24, 2.45) is 5.92 Å². The van der Waals surface area contributed by atoms with E-state index >= 15 is 0 Å². The zero-order valence-electron chi connectivity index (χ0n) is 18.3. The number of rotatable bonds is 5. The number of fused-ring (bicyclic) bond motifs is 1. The SMILES string of the molecule is O=C(Nc1cccnc1)c1ccc2[nH]c(-c3ccc(NC(=O)C4CCCCC4)cc3)cc2c1. The highest BCUT2D eigenvalue weighted by molar-refractivity contribution is 6.06. The highest BCUT2D eigenvalue weighted by Crippen LogP contribution is 2.28. The molecule has 1 aliphatic rings. The number of hydrogen-bond acceptors (Lipinski definition) is 3. The molecule has 5 rings (SSSR count). The molecule has 1 fully saturated rings. The van der Waals surface area contributed by atoms with E-state index in [-0.39, 0.29) is 17.7 Å². The molecule has 0 radical (unpaired) electrons. The number of H-pyrrole nitrogens is 1. The van der Waals surface area contributed by atoms with Crippen LogP contribution < -0.4 is 10.6 Å². The monoisotopic (exact) mass is 438 g/mol. The molecule has 166 valence electrons. The normalized spacial score (nSPS) is 14.2. The Balaban J connectivity index is 1.29. The highest BCUT2D eigenvalue weighted by Gasteiger charge is 2.21. The summed E-state index contributed by atoms with van der Waals surface area (Å²) in [5.74, 6) is 0.0903. The molecule has 2 aromatic carbocycles. The third-order valence-corrected chi connectivity index (χ3v) is 6.24. The average Bonchev–Trinajstić information content (AvgIpc) is 3.29. The Labute approximate surface area is 192 Å². The molecule has 0 saturated heterocycles. The molecule has 3 N–H and O–H groups in total. The molecule has 2 aromatic heterocycles. The van der Waals surface area contributed by atoms with Crippen LogP contribution in [0, 0.1) is 5.92 Å². The van der Waals surface area contributed by atoms with Gasteiger partial charge in [0.2, 0.25) is 5.91 Å². The van der Waals surface area contributed by atoms with Crippen LogP contribution in [0.25, 0.3) is 22.2 Å². The van der Waals surface area contributed by atoms with E-state index in [1.54, 1.807) is 30.6 Å². The fourth-order valence-electron chi connectivity index (χ4n) is 4.41. The van der Waals surface area contributed by atoms with Crippen LogP contribution in [0.15, 0.2) is 73.1 Å². The molecule has 0 aliphatic heterocycles. The zero-order chi connectivity index (χ0) is 22.6. The van der Waals surface area contributed by atoms with Gasteiger partial charge in [0.1, 0.15) is 0 Å². The first-order chi connectivity index (χ1) is 16.2. The summed E-state index contributed by atoms with van der Waals surface area (Å²) >= 11 is 0. The van der Waals surface area contributed by atoms with E-state index in [1.165, 1.54) is 6.42 Å². The third-order valence-electron chi connectivity index (χ3n) is 6.24. The topological polar surface area (TPSA) is 86.9 Å². The maximum Gasteiger partial charge on any atom is 0.255 e. The number of aromatic nitrogens is 2. The van der Waals surface area contributed by atoms with Crippen molar-refractivity contribution in [1.82, 2.24) is 9.97 Å². The van der Waals surface area contributed by atoms with Crippen molar-refractivity contribution in [3.8, 4) is 11.3 Å². The second-order valence-corrected chi connectivity index (χ2v) is 8.58. The Bertz CT molecular complexity index is 1270.